The minimum absolute atomic E-state index is 0.0776. The quantitative estimate of drug-likeness (QED) is 0.242. The highest BCUT2D eigenvalue weighted by molar-refractivity contribution is 4.76. The molecule has 0 radical (unpaired) electrons. The van der Waals surface area contributed by atoms with Gasteiger partial charge in [0.1, 0.15) is 12.2 Å². The molecule has 0 spiro atoms. The molecule has 0 bridgehead atoms. The molecule has 0 aromatic carbocycles. The number of ether oxygens (including phenoxy) is 2. The number of hydrogen-bond donors (Lipinski definition) is 8. The second kappa shape index (κ2) is 12.0. The van der Waals surface area contributed by atoms with Gasteiger partial charge in [0.25, 0.3) is 0 Å². The van der Waals surface area contributed by atoms with Crippen LogP contribution in [0.2, 0.25) is 0 Å². The van der Waals surface area contributed by atoms with E-state index in [4.69, 9.17) is 9.47 Å². The minimum Gasteiger partial charge on any atom is -0.394 e. The molecule has 0 aromatic heterocycles. The van der Waals surface area contributed by atoms with E-state index in [0.29, 0.717) is 0 Å². The van der Waals surface area contributed by atoms with Crippen molar-refractivity contribution in [1.82, 2.24) is 10.6 Å². The predicted octanol–water partition coefficient (Wildman–Crippen LogP) is -4.62. The molecule has 10 nitrogen and oxygen atoms in total. The van der Waals surface area contributed by atoms with Crippen molar-refractivity contribution < 1.29 is 40.1 Å². The molecule has 1 rings (SSSR count). The minimum atomic E-state index is -1.03. The molecule has 0 aliphatic carbocycles. The summed E-state index contributed by atoms with van der Waals surface area (Å²) in [6, 6.07) is 0. The maximum atomic E-state index is 9.82. The average molecular weight is 354 g/mol. The Labute approximate surface area is 141 Å². The van der Waals surface area contributed by atoms with Gasteiger partial charge in [0.05, 0.1) is 50.8 Å². The van der Waals surface area contributed by atoms with Crippen LogP contribution in [-0.2, 0) is 9.47 Å². The summed E-state index contributed by atoms with van der Waals surface area (Å²) in [5.41, 5.74) is 0. The lowest BCUT2D eigenvalue weighted by atomic mass is 10.2. The first-order chi connectivity index (χ1) is 11.5. The number of rotatable bonds is 2. The maximum absolute atomic E-state index is 9.82. The van der Waals surface area contributed by atoms with Crippen LogP contribution in [0.4, 0.5) is 0 Å². The van der Waals surface area contributed by atoms with E-state index >= 15 is 0 Å². The van der Waals surface area contributed by atoms with Gasteiger partial charge in [-0.25, -0.2) is 0 Å². The van der Waals surface area contributed by atoms with Gasteiger partial charge in [0.2, 0.25) is 0 Å². The molecule has 0 aromatic rings. The van der Waals surface area contributed by atoms with Gasteiger partial charge >= 0.3 is 0 Å². The van der Waals surface area contributed by atoms with Crippen molar-refractivity contribution in [1.29, 1.82) is 0 Å². The molecule has 0 saturated carbocycles. The highest BCUT2D eigenvalue weighted by Crippen LogP contribution is 2.06. The van der Waals surface area contributed by atoms with Gasteiger partial charge in [-0.1, -0.05) is 0 Å². The van der Waals surface area contributed by atoms with Crippen LogP contribution < -0.4 is 10.6 Å². The highest BCUT2D eigenvalue weighted by Gasteiger charge is 2.24. The Bertz CT molecular complexity index is 295. The van der Waals surface area contributed by atoms with Crippen LogP contribution in [0.3, 0.4) is 0 Å². The van der Waals surface area contributed by atoms with Crippen molar-refractivity contribution in [3.63, 3.8) is 0 Å². The number of hydrogen-bond acceptors (Lipinski definition) is 10. The van der Waals surface area contributed by atoms with Gasteiger partial charge in [0.15, 0.2) is 0 Å². The molecule has 24 heavy (non-hydrogen) atoms. The van der Waals surface area contributed by atoms with E-state index in [0.717, 1.165) is 0 Å². The topological polar surface area (TPSA) is 164 Å². The van der Waals surface area contributed by atoms with Crippen LogP contribution in [0, 0.1) is 0 Å². The maximum Gasteiger partial charge on any atom is 0.109 e. The third-order valence-electron chi connectivity index (χ3n) is 3.69. The number of β-amino-alcohol motifs (C(OH)–C–C–N with tert-alkyl or cyclic N) is 4. The second-order valence-electron chi connectivity index (χ2n) is 5.87. The molecule has 1 heterocycles. The van der Waals surface area contributed by atoms with Crippen molar-refractivity contribution in [2.75, 3.05) is 52.6 Å². The second-order valence-corrected chi connectivity index (χ2v) is 5.87. The molecule has 1 saturated heterocycles. The fourth-order valence-corrected chi connectivity index (χ4v) is 2.21. The fraction of sp³-hybridized carbons (Fsp3) is 1.00. The van der Waals surface area contributed by atoms with Gasteiger partial charge in [-0.3, -0.25) is 0 Å². The van der Waals surface area contributed by atoms with Gasteiger partial charge in [-0.2, -0.15) is 0 Å². The molecular formula is C14H30N2O8. The Kier molecular flexibility index (Phi) is 10.9. The molecule has 10 heteroatoms. The Hall–Kier alpha value is -0.400. The summed E-state index contributed by atoms with van der Waals surface area (Å²) in [5.74, 6) is 0. The van der Waals surface area contributed by atoms with Crippen molar-refractivity contribution in [2.45, 2.75) is 36.6 Å². The lowest BCUT2D eigenvalue weighted by Gasteiger charge is -2.27. The zero-order chi connectivity index (χ0) is 17.9. The summed E-state index contributed by atoms with van der Waals surface area (Å²) in [6.07, 6.45) is -5.55. The van der Waals surface area contributed by atoms with Crippen LogP contribution in [-0.4, -0.2) is 120 Å². The molecule has 1 aliphatic rings. The van der Waals surface area contributed by atoms with Crippen molar-refractivity contribution >= 4 is 0 Å². The smallest absolute Gasteiger partial charge is 0.109 e. The third kappa shape index (κ3) is 8.12. The molecule has 2 unspecified atom stereocenters. The van der Waals surface area contributed by atoms with Gasteiger partial charge in [-0.05, 0) is 0 Å². The summed E-state index contributed by atoms with van der Waals surface area (Å²) in [4.78, 5) is 0. The van der Waals surface area contributed by atoms with E-state index in [9.17, 15) is 30.6 Å². The van der Waals surface area contributed by atoms with E-state index in [2.05, 4.69) is 10.6 Å². The molecule has 8 N–H and O–H groups in total. The van der Waals surface area contributed by atoms with E-state index in [1.807, 2.05) is 0 Å². The standard InChI is InChI=1S/C14H30N2O8/c17-5-13-14(6-18)24-8-10(20)2-16-4-12(22)11(21)3-15-1-9(19)7-23-13/h9-22H,1-8H2/t9?,10?,11-,12-,13-,14-/m0/s1. The first-order valence-corrected chi connectivity index (χ1v) is 8.06. The molecule has 1 fully saturated rings. The monoisotopic (exact) mass is 354 g/mol. The summed E-state index contributed by atoms with van der Waals surface area (Å²) in [7, 11) is 0. The number of aliphatic hydroxyl groups is 6. The zero-order valence-corrected chi connectivity index (χ0v) is 13.6. The van der Waals surface area contributed by atoms with Gasteiger partial charge < -0.3 is 50.7 Å². The normalized spacial score (nSPS) is 38.8. The lowest BCUT2D eigenvalue weighted by Crippen LogP contribution is -2.47. The summed E-state index contributed by atoms with van der Waals surface area (Å²) >= 11 is 0. The predicted molar refractivity (Wildman–Crippen MR) is 83.4 cm³/mol. The Morgan fingerprint density at radius 1 is 0.667 bits per heavy atom. The largest absolute Gasteiger partial charge is 0.394 e. The van der Waals surface area contributed by atoms with Crippen LogP contribution >= 0.6 is 0 Å². The van der Waals surface area contributed by atoms with Crippen molar-refractivity contribution in [3.8, 4) is 0 Å². The molecule has 144 valence electrons. The van der Waals surface area contributed by atoms with Crippen LogP contribution in [0.15, 0.2) is 0 Å². The molecular weight excluding hydrogens is 324 g/mol. The van der Waals surface area contributed by atoms with E-state index < -0.39 is 49.8 Å². The number of nitrogens with one attached hydrogen (secondary N) is 2. The highest BCUT2D eigenvalue weighted by atomic mass is 16.6. The van der Waals surface area contributed by atoms with Gasteiger partial charge in [0, 0.05) is 26.2 Å². The van der Waals surface area contributed by atoms with Crippen molar-refractivity contribution in [2.24, 2.45) is 0 Å². The Balaban J connectivity index is 2.63. The average Bonchev–Trinajstić information content (AvgIpc) is 2.56. The van der Waals surface area contributed by atoms with Crippen molar-refractivity contribution in [3.05, 3.63) is 0 Å². The molecule has 1 aliphatic heterocycles. The third-order valence-corrected chi connectivity index (χ3v) is 3.69. The first kappa shape index (κ1) is 21.6. The zero-order valence-electron chi connectivity index (χ0n) is 13.6. The molecule has 6 atom stereocenters. The fourth-order valence-electron chi connectivity index (χ4n) is 2.21. The first-order valence-electron chi connectivity index (χ1n) is 8.06. The summed E-state index contributed by atoms with van der Waals surface area (Å²) < 4.78 is 10.7. The summed E-state index contributed by atoms with van der Waals surface area (Å²) in [5, 5.41) is 63.5. The van der Waals surface area contributed by atoms with E-state index in [1.165, 1.54) is 0 Å². The summed E-state index contributed by atoms with van der Waals surface area (Å²) in [6.45, 7) is -0.642. The number of aliphatic hydroxyl groups excluding tert-OH is 6. The van der Waals surface area contributed by atoms with Gasteiger partial charge in [-0.15, -0.1) is 0 Å². The van der Waals surface area contributed by atoms with E-state index in [1.54, 1.807) is 0 Å². The molecule has 0 amide bonds. The Morgan fingerprint density at radius 3 is 1.38 bits per heavy atom. The lowest BCUT2D eigenvalue weighted by molar-refractivity contribution is -0.133. The van der Waals surface area contributed by atoms with Crippen LogP contribution in [0.5, 0.6) is 0 Å². The van der Waals surface area contributed by atoms with Crippen LogP contribution in [0.1, 0.15) is 0 Å². The Morgan fingerprint density at radius 2 is 1.04 bits per heavy atom. The SMILES string of the molecule is OC[C@@H]1OCC(O)CNC[C@H](O)[C@@H](O)CNCC(O)CO[C@H]1CO. The van der Waals surface area contributed by atoms with E-state index in [-0.39, 0.29) is 39.4 Å². The van der Waals surface area contributed by atoms with Crippen LogP contribution in [0.25, 0.3) is 0 Å².